The van der Waals surface area contributed by atoms with Crippen molar-refractivity contribution in [3.05, 3.63) is 60.4 Å². The molecule has 3 heterocycles. The third-order valence-corrected chi connectivity index (χ3v) is 6.76. The van der Waals surface area contributed by atoms with Gasteiger partial charge in [-0.3, -0.25) is 4.79 Å². The quantitative estimate of drug-likeness (QED) is 0.658. The number of piperidine rings is 1. The topological polar surface area (TPSA) is 122 Å². The minimum absolute atomic E-state index is 0.117. The summed E-state index contributed by atoms with van der Waals surface area (Å²) in [7, 11) is -3.69. The Labute approximate surface area is 178 Å². The number of anilines is 1. The van der Waals surface area contributed by atoms with Crippen molar-refractivity contribution in [3.63, 3.8) is 0 Å². The molecule has 0 spiro atoms. The molecule has 2 aliphatic rings. The molecule has 1 fully saturated rings. The highest BCUT2D eigenvalue weighted by molar-refractivity contribution is 7.90. The van der Waals surface area contributed by atoms with Crippen LogP contribution in [0.1, 0.15) is 18.4 Å². The number of hydrogen-bond donors (Lipinski definition) is 1. The molecular formula is C20H19N7O3S. The molecule has 0 radical (unpaired) electrons. The molecule has 11 heteroatoms. The van der Waals surface area contributed by atoms with E-state index in [4.69, 9.17) is 0 Å². The van der Waals surface area contributed by atoms with E-state index in [1.165, 1.54) is 11.0 Å². The summed E-state index contributed by atoms with van der Waals surface area (Å²) in [6.45, 7) is 1.06. The summed E-state index contributed by atoms with van der Waals surface area (Å²) in [6, 6.07) is 14.0. The zero-order chi connectivity index (χ0) is 21.4. The molecule has 0 bridgehead atoms. The predicted octanol–water partition coefficient (Wildman–Crippen LogP) is 1.46. The summed E-state index contributed by atoms with van der Waals surface area (Å²) >= 11 is 0. The molecule has 1 atom stereocenters. The van der Waals surface area contributed by atoms with Crippen molar-refractivity contribution in [1.29, 1.82) is 0 Å². The highest BCUT2D eigenvalue weighted by atomic mass is 32.2. The molecule has 1 unspecified atom stereocenters. The van der Waals surface area contributed by atoms with E-state index in [-0.39, 0.29) is 16.7 Å². The molecular weight excluding hydrogens is 418 g/mol. The van der Waals surface area contributed by atoms with Gasteiger partial charge in [-0.2, -0.15) is 8.42 Å². The van der Waals surface area contributed by atoms with Crippen LogP contribution in [0.2, 0.25) is 0 Å². The van der Waals surface area contributed by atoms with Gasteiger partial charge < -0.3 is 10.2 Å². The highest BCUT2D eigenvalue weighted by Gasteiger charge is 2.35. The molecule has 10 nitrogen and oxygen atoms in total. The van der Waals surface area contributed by atoms with Gasteiger partial charge in [-0.05, 0) is 53.6 Å². The summed E-state index contributed by atoms with van der Waals surface area (Å²) in [5, 5.41) is 14.1. The summed E-state index contributed by atoms with van der Waals surface area (Å²) in [6.07, 6.45) is 2.97. The number of hydrogen-bond acceptors (Lipinski definition) is 7. The standard InChI is InChI=1S/C20H19N7O3S/c28-20(22-15-6-3-7-16(11-15)27-13-21-24-25-27)14-5-4-10-26(12-14)19-17-8-1-2-9-18(17)31(29,30)23-19/h1-3,6-9,11,13-14H,4-5,10,12H2,(H,22,28). The van der Waals surface area contributed by atoms with Gasteiger partial charge in [0, 0.05) is 24.3 Å². The van der Waals surface area contributed by atoms with E-state index >= 15 is 0 Å². The van der Waals surface area contributed by atoms with Crippen LogP contribution in [0.3, 0.4) is 0 Å². The number of carbonyl (C=O) groups excluding carboxylic acids is 1. The number of likely N-dealkylation sites (tertiary alicyclic amines) is 1. The van der Waals surface area contributed by atoms with Gasteiger partial charge in [0.25, 0.3) is 10.0 Å². The van der Waals surface area contributed by atoms with Crippen molar-refractivity contribution >= 4 is 27.5 Å². The van der Waals surface area contributed by atoms with E-state index < -0.39 is 10.0 Å². The summed E-state index contributed by atoms with van der Waals surface area (Å²) in [5.41, 5.74) is 1.97. The Morgan fingerprint density at radius 2 is 2.00 bits per heavy atom. The van der Waals surface area contributed by atoms with Gasteiger partial charge in [0.15, 0.2) is 5.84 Å². The number of rotatable bonds is 3. The Morgan fingerprint density at radius 3 is 2.84 bits per heavy atom. The minimum atomic E-state index is -3.69. The zero-order valence-corrected chi connectivity index (χ0v) is 17.2. The Hall–Kier alpha value is -3.60. The number of nitrogens with one attached hydrogen (secondary N) is 1. The van der Waals surface area contributed by atoms with Gasteiger partial charge in [-0.1, -0.05) is 18.2 Å². The number of carbonyl (C=O) groups is 1. The van der Waals surface area contributed by atoms with Gasteiger partial charge in [0.05, 0.1) is 11.6 Å². The van der Waals surface area contributed by atoms with Gasteiger partial charge in [-0.15, -0.1) is 9.50 Å². The van der Waals surface area contributed by atoms with Crippen LogP contribution >= 0.6 is 0 Å². The number of nitrogens with zero attached hydrogens (tertiary/aromatic N) is 6. The first kappa shape index (κ1) is 19.4. The van der Waals surface area contributed by atoms with E-state index in [2.05, 4.69) is 25.2 Å². The maximum Gasteiger partial charge on any atom is 0.285 e. The number of aromatic nitrogens is 4. The molecule has 5 rings (SSSR count). The fourth-order valence-corrected chi connectivity index (χ4v) is 5.18. The van der Waals surface area contributed by atoms with E-state index in [0.29, 0.717) is 30.2 Å². The second-order valence-electron chi connectivity index (χ2n) is 7.47. The molecule has 158 valence electrons. The molecule has 1 amide bonds. The lowest BCUT2D eigenvalue weighted by Gasteiger charge is -2.33. The molecule has 1 saturated heterocycles. The van der Waals surface area contributed by atoms with Gasteiger partial charge in [-0.25, -0.2) is 4.68 Å². The van der Waals surface area contributed by atoms with Gasteiger partial charge in [0.1, 0.15) is 11.2 Å². The smallest absolute Gasteiger partial charge is 0.285 e. The molecule has 0 aliphatic carbocycles. The Balaban J connectivity index is 1.33. The number of amides is 1. The normalized spacial score (nSPS) is 19.5. The lowest BCUT2D eigenvalue weighted by molar-refractivity contribution is -0.121. The van der Waals surface area contributed by atoms with Crippen LogP contribution in [-0.2, 0) is 14.8 Å². The molecule has 31 heavy (non-hydrogen) atoms. The van der Waals surface area contributed by atoms with Crippen molar-refractivity contribution in [2.75, 3.05) is 18.4 Å². The van der Waals surface area contributed by atoms with Crippen LogP contribution in [-0.4, -0.2) is 58.4 Å². The fraction of sp³-hybridized carbons (Fsp3) is 0.250. The third-order valence-electron chi connectivity index (χ3n) is 5.43. The number of sulfonamides is 1. The molecule has 0 saturated carbocycles. The number of benzene rings is 2. The largest absolute Gasteiger partial charge is 0.355 e. The average Bonchev–Trinajstić information content (AvgIpc) is 3.41. The highest BCUT2D eigenvalue weighted by Crippen LogP contribution is 2.30. The zero-order valence-electron chi connectivity index (χ0n) is 16.4. The van der Waals surface area contributed by atoms with Crippen molar-refractivity contribution in [2.45, 2.75) is 17.7 Å². The monoisotopic (exact) mass is 437 g/mol. The predicted molar refractivity (Wildman–Crippen MR) is 112 cm³/mol. The SMILES string of the molecule is O=C(Nc1cccc(-n2cnnn2)c1)C1CCCN(C2=NS(=O)(=O)c3ccccc32)C1. The van der Waals surface area contributed by atoms with Crippen molar-refractivity contribution in [1.82, 2.24) is 25.1 Å². The molecule has 1 N–H and O–H groups in total. The van der Waals surface area contributed by atoms with Crippen LogP contribution < -0.4 is 5.32 Å². The van der Waals surface area contributed by atoms with Gasteiger partial charge >= 0.3 is 0 Å². The minimum Gasteiger partial charge on any atom is -0.355 e. The first-order valence-electron chi connectivity index (χ1n) is 9.85. The van der Waals surface area contributed by atoms with Crippen LogP contribution in [0.15, 0.2) is 64.2 Å². The molecule has 3 aromatic rings. The summed E-state index contributed by atoms with van der Waals surface area (Å²) in [4.78, 5) is 15.1. The van der Waals surface area contributed by atoms with Gasteiger partial charge in [0.2, 0.25) is 5.91 Å². The third kappa shape index (κ3) is 3.67. The average molecular weight is 437 g/mol. The molecule has 2 aliphatic heterocycles. The van der Waals surface area contributed by atoms with Crippen LogP contribution in [0.25, 0.3) is 5.69 Å². The molecule has 2 aromatic carbocycles. The van der Waals surface area contributed by atoms with Crippen LogP contribution in [0.5, 0.6) is 0 Å². The van der Waals surface area contributed by atoms with E-state index in [9.17, 15) is 13.2 Å². The number of tetrazole rings is 1. The van der Waals surface area contributed by atoms with Crippen molar-refractivity contribution in [2.24, 2.45) is 10.3 Å². The lowest BCUT2D eigenvalue weighted by atomic mass is 9.96. The first-order valence-corrected chi connectivity index (χ1v) is 11.3. The Kier molecular flexibility index (Phi) is 4.74. The second kappa shape index (κ2) is 7.58. The summed E-state index contributed by atoms with van der Waals surface area (Å²) in [5.74, 6) is 0.0192. The van der Waals surface area contributed by atoms with E-state index in [0.717, 1.165) is 18.5 Å². The maximum atomic E-state index is 13.0. The van der Waals surface area contributed by atoms with Crippen LogP contribution in [0.4, 0.5) is 5.69 Å². The Bertz CT molecular complexity index is 1270. The number of amidine groups is 1. The Morgan fingerprint density at radius 1 is 1.13 bits per heavy atom. The number of fused-ring (bicyclic) bond motifs is 1. The fourth-order valence-electron chi connectivity index (χ4n) is 3.95. The summed E-state index contributed by atoms with van der Waals surface area (Å²) < 4.78 is 30.3. The maximum absolute atomic E-state index is 13.0. The van der Waals surface area contributed by atoms with Crippen molar-refractivity contribution < 1.29 is 13.2 Å². The lowest BCUT2D eigenvalue weighted by Crippen LogP contribution is -2.43. The second-order valence-corrected chi connectivity index (χ2v) is 9.04. The van der Waals surface area contributed by atoms with Crippen LogP contribution in [0, 0.1) is 5.92 Å². The van der Waals surface area contributed by atoms with E-state index in [1.54, 1.807) is 36.4 Å². The first-order chi connectivity index (χ1) is 15.0. The molecule has 1 aromatic heterocycles. The van der Waals surface area contributed by atoms with Crippen molar-refractivity contribution in [3.8, 4) is 5.69 Å². The van der Waals surface area contributed by atoms with E-state index in [1.807, 2.05) is 17.0 Å².